The quantitative estimate of drug-likeness (QED) is 0.273. The minimum atomic E-state index is 0.283. The average molecular weight is 305 g/mol. The Hall–Kier alpha value is -1.34. The second kappa shape index (κ2) is 8.19. The molecule has 2 heteroatoms. The normalized spacial score (nSPS) is 23.7. The molecule has 0 aromatic heterocycles. The number of halogens is 1. The van der Waals surface area contributed by atoms with Crippen LogP contribution in [0.25, 0.3) is 0 Å². The Morgan fingerprint density at radius 3 is 2.67 bits per heavy atom. The van der Waals surface area contributed by atoms with Crippen LogP contribution in [0.4, 0.5) is 0 Å². The molecular weight excluding hydrogens is 280 g/mol. The summed E-state index contributed by atoms with van der Waals surface area (Å²) < 4.78 is 0. The summed E-state index contributed by atoms with van der Waals surface area (Å²) in [6.07, 6.45) is 16.7. The number of aldehydes is 1. The molecule has 0 bridgehead atoms. The molecule has 1 aliphatic carbocycles. The number of allylic oxidation sites excluding steroid dienone is 10. The first-order valence-electron chi connectivity index (χ1n) is 7.37. The van der Waals surface area contributed by atoms with Crippen molar-refractivity contribution in [1.82, 2.24) is 0 Å². The molecule has 0 fully saturated rings. The van der Waals surface area contributed by atoms with Crippen LogP contribution in [0.5, 0.6) is 0 Å². The van der Waals surface area contributed by atoms with Gasteiger partial charge in [-0.1, -0.05) is 55.3 Å². The standard InChI is InChI=1S/C19H25ClO/c1-15(12-14-21)7-5-9-17(20)10-11-18-16(2)8-6-13-19(18,3)4/h5,7-12,14,18H,6,13H2,1-4H3/b7-5+,11-10+,15-12+,17-9+. The predicted octanol–water partition coefficient (Wildman–Crippen LogP) is 5.75. The maximum atomic E-state index is 10.3. The Morgan fingerprint density at radius 1 is 1.33 bits per heavy atom. The molecule has 21 heavy (non-hydrogen) atoms. The van der Waals surface area contributed by atoms with Crippen molar-refractivity contribution < 1.29 is 4.79 Å². The number of carbonyl (C=O) groups excluding carboxylic acids is 1. The summed E-state index contributed by atoms with van der Waals surface area (Å²) in [5, 5.41) is 0.694. The minimum absolute atomic E-state index is 0.283. The zero-order chi connectivity index (χ0) is 15.9. The van der Waals surface area contributed by atoms with E-state index in [9.17, 15) is 4.79 Å². The zero-order valence-electron chi connectivity index (χ0n) is 13.4. The molecule has 0 radical (unpaired) electrons. The van der Waals surface area contributed by atoms with Crippen molar-refractivity contribution in [2.75, 3.05) is 0 Å². The second-order valence-electron chi connectivity index (χ2n) is 6.27. The molecule has 0 saturated carbocycles. The molecule has 0 N–H and O–H groups in total. The fourth-order valence-corrected chi connectivity index (χ4v) is 2.83. The van der Waals surface area contributed by atoms with Gasteiger partial charge in [0, 0.05) is 11.0 Å². The molecule has 0 heterocycles. The number of hydrogen-bond donors (Lipinski definition) is 0. The molecule has 114 valence electrons. The lowest BCUT2D eigenvalue weighted by Gasteiger charge is -2.36. The largest absolute Gasteiger partial charge is 0.299 e. The third-order valence-corrected chi connectivity index (χ3v) is 4.23. The van der Waals surface area contributed by atoms with Crippen molar-refractivity contribution in [3.05, 3.63) is 58.7 Å². The summed E-state index contributed by atoms with van der Waals surface area (Å²) >= 11 is 6.22. The molecule has 1 nitrogen and oxygen atoms in total. The molecule has 0 saturated heterocycles. The van der Waals surface area contributed by atoms with Gasteiger partial charge >= 0.3 is 0 Å². The maximum Gasteiger partial charge on any atom is 0.143 e. The van der Waals surface area contributed by atoms with Gasteiger partial charge in [-0.25, -0.2) is 0 Å². The van der Waals surface area contributed by atoms with Gasteiger partial charge in [0.25, 0.3) is 0 Å². The van der Waals surface area contributed by atoms with Gasteiger partial charge in [-0.05, 0) is 55.9 Å². The molecule has 1 aliphatic rings. The van der Waals surface area contributed by atoms with Crippen LogP contribution < -0.4 is 0 Å². The van der Waals surface area contributed by atoms with Crippen molar-refractivity contribution >= 4 is 17.9 Å². The molecular formula is C19H25ClO. The van der Waals surface area contributed by atoms with Crippen LogP contribution in [-0.2, 0) is 4.79 Å². The van der Waals surface area contributed by atoms with E-state index in [4.69, 9.17) is 11.6 Å². The van der Waals surface area contributed by atoms with E-state index in [-0.39, 0.29) is 5.41 Å². The Balaban J connectivity index is 2.75. The van der Waals surface area contributed by atoms with E-state index in [1.54, 1.807) is 0 Å². The van der Waals surface area contributed by atoms with E-state index in [1.165, 1.54) is 18.1 Å². The SMILES string of the molecule is CC1=CCCC(C)(C)C1/C=C/C(Cl)=C\C=C\C(C)=C\C=O. The van der Waals surface area contributed by atoms with Gasteiger partial charge in [0.1, 0.15) is 6.29 Å². The molecule has 1 unspecified atom stereocenters. The lowest BCUT2D eigenvalue weighted by molar-refractivity contribution is -0.104. The summed E-state index contributed by atoms with van der Waals surface area (Å²) in [5.41, 5.74) is 2.61. The Labute approximate surface area is 133 Å². The first kappa shape index (κ1) is 17.7. The van der Waals surface area contributed by atoms with Gasteiger partial charge in [-0.2, -0.15) is 0 Å². The van der Waals surface area contributed by atoms with E-state index in [1.807, 2.05) is 31.2 Å². The second-order valence-corrected chi connectivity index (χ2v) is 6.71. The van der Waals surface area contributed by atoms with Crippen molar-refractivity contribution in [1.29, 1.82) is 0 Å². The molecule has 0 amide bonds. The van der Waals surface area contributed by atoms with E-state index in [2.05, 4.69) is 32.9 Å². The first-order chi connectivity index (χ1) is 9.86. The highest BCUT2D eigenvalue weighted by Crippen LogP contribution is 2.41. The van der Waals surface area contributed by atoms with Crippen LogP contribution in [0.1, 0.15) is 40.5 Å². The Bertz CT molecular complexity index is 516. The van der Waals surface area contributed by atoms with Gasteiger partial charge in [-0.15, -0.1) is 0 Å². The van der Waals surface area contributed by atoms with Crippen molar-refractivity contribution in [3.63, 3.8) is 0 Å². The van der Waals surface area contributed by atoms with Crippen molar-refractivity contribution in [3.8, 4) is 0 Å². The third-order valence-electron chi connectivity index (χ3n) is 3.98. The summed E-state index contributed by atoms with van der Waals surface area (Å²) in [6.45, 7) is 8.69. The van der Waals surface area contributed by atoms with Gasteiger partial charge in [0.2, 0.25) is 0 Å². The van der Waals surface area contributed by atoms with Crippen LogP contribution >= 0.6 is 11.6 Å². The molecule has 0 aromatic carbocycles. The Morgan fingerprint density at radius 2 is 2.05 bits per heavy atom. The molecule has 0 spiro atoms. The van der Waals surface area contributed by atoms with E-state index < -0.39 is 0 Å². The van der Waals surface area contributed by atoms with Gasteiger partial charge in [-0.3, -0.25) is 4.79 Å². The summed E-state index contributed by atoms with van der Waals surface area (Å²) in [6, 6.07) is 0. The molecule has 0 aromatic rings. The first-order valence-corrected chi connectivity index (χ1v) is 7.75. The summed E-state index contributed by atoms with van der Waals surface area (Å²) in [5.74, 6) is 0.439. The maximum absolute atomic E-state index is 10.3. The fraction of sp³-hybridized carbons (Fsp3) is 0.421. The van der Waals surface area contributed by atoms with Crippen LogP contribution in [0.2, 0.25) is 0 Å². The number of rotatable bonds is 5. The fourth-order valence-electron chi connectivity index (χ4n) is 2.68. The molecule has 0 aliphatic heterocycles. The predicted molar refractivity (Wildman–Crippen MR) is 92.3 cm³/mol. The minimum Gasteiger partial charge on any atom is -0.299 e. The number of carbonyl (C=O) groups is 1. The van der Waals surface area contributed by atoms with Crippen molar-refractivity contribution in [2.24, 2.45) is 11.3 Å². The highest BCUT2D eigenvalue weighted by Gasteiger charge is 2.30. The zero-order valence-corrected chi connectivity index (χ0v) is 14.2. The summed E-state index contributed by atoms with van der Waals surface area (Å²) in [7, 11) is 0. The number of hydrogen-bond acceptors (Lipinski definition) is 1. The lowest BCUT2D eigenvalue weighted by Crippen LogP contribution is -2.26. The van der Waals surface area contributed by atoms with E-state index in [0.717, 1.165) is 18.3 Å². The van der Waals surface area contributed by atoms with Gasteiger partial charge < -0.3 is 0 Å². The van der Waals surface area contributed by atoms with Crippen LogP contribution in [0.3, 0.4) is 0 Å². The topological polar surface area (TPSA) is 17.1 Å². The van der Waals surface area contributed by atoms with Crippen LogP contribution in [0.15, 0.2) is 58.7 Å². The van der Waals surface area contributed by atoms with Gasteiger partial charge in [0.15, 0.2) is 0 Å². The highest BCUT2D eigenvalue weighted by atomic mass is 35.5. The monoisotopic (exact) mass is 304 g/mol. The smallest absolute Gasteiger partial charge is 0.143 e. The molecule has 1 atom stereocenters. The average Bonchev–Trinajstić information content (AvgIpc) is 2.37. The van der Waals surface area contributed by atoms with Crippen LogP contribution in [-0.4, -0.2) is 6.29 Å². The molecule has 1 rings (SSSR count). The highest BCUT2D eigenvalue weighted by molar-refractivity contribution is 6.31. The van der Waals surface area contributed by atoms with E-state index in [0.29, 0.717) is 11.0 Å². The van der Waals surface area contributed by atoms with Crippen LogP contribution in [0, 0.1) is 11.3 Å². The van der Waals surface area contributed by atoms with Gasteiger partial charge in [0.05, 0.1) is 0 Å². The van der Waals surface area contributed by atoms with E-state index >= 15 is 0 Å². The third kappa shape index (κ3) is 5.89. The lowest BCUT2D eigenvalue weighted by atomic mass is 9.68. The van der Waals surface area contributed by atoms with Crippen molar-refractivity contribution in [2.45, 2.75) is 40.5 Å². The summed E-state index contributed by atoms with van der Waals surface area (Å²) in [4.78, 5) is 10.3. The Kier molecular flexibility index (Phi) is 6.91.